The molecule has 0 saturated heterocycles. The van der Waals surface area contributed by atoms with Crippen LogP contribution in [0.15, 0.2) is 60.2 Å². The van der Waals surface area contributed by atoms with Crippen LogP contribution in [-0.4, -0.2) is 34.5 Å². The molecule has 0 aliphatic carbocycles. The van der Waals surface area contributed by atoms with Crippen molar-refractivity contribution in [3.63, 3.8) is 0 Å². The molecule has 4 rings (SSSR count). The number of nitrogens with one attached hydrogen (secondary N) is 2. The van der Waals surface area contributed by atoms with Crippen LogP contribution in [0, 0.1) is 0 Å². The van der Waals surface area contributed by atoms with Gasteiger partial charge >= 0.3 is 0 Å². The van der Waals surface area contributed by atoms with Crippen LogP contribution in [0.2, 0.25) is 0 Å². The molecule has 3 aromatic heterocycles. The summed E-state index contributed by atoms with van der Waals surface area (Å²) in [4.78, 5) is 30.1. The number of carbonyl (C=O) groups is 2. The number of thiazole rings is 1. The van der Waals surface area contributed by atoms with Crippen molar-refractivity contribution in [2.75, 3.05) is 13.1 Å². The molecular weight excluding hydrogens is 392 g/mol. The lowest BCUT2D eigenvalue weighted by atomic mass is 10.2. The van der Waals surface area contributed by atoms with Gasteiger partial charge in [-0.2, -0.15) is 0 Å². The number of carbonyl (C=O) groups excluding carboxylic acids is 2. The lowest BCUT2D eigenvalue weighted by Crippen LogP contribution is -2.37. The number of hydrogen-bond donors (Lipinski definition) is 2. The highest BCUT2D eigenvalue weighted by Crippen LogP contribution is 2.26. The maximum atomic E-state index is 12.4. The van der Waals surface area contributed by atoms with Gasteiger partial charge in [0.1, 0.15) is 0 Å². The number of benzene rings is 1. The molecular formula is C20H18N4O2S2. The summed E-state index contributed by atoms with van der Waals surface area (Å²) >= 11 is 3.18. The molecule has 142 valence electrons. The maximum Gasteiger partial charge on any atom is 0.251 e. The average molecular weight is 411 g/mol. The van der Waals surface area contributed by atoms with Crippen LogP contribution in [0.3, 0.4) is 0 Å². The number of fused-ring (bicyclic) bond motifs is 1. The predicted molar refractivity (Wildman–Crippen MR) is 112 cm³/mol. The molecule has 0 aliphatic rings. The summed E-state index contributed by atoms with van der Waals surface area (Å²) in [5.41, 5.74) is 1.36. The van der Waals surface area contributed by atoms with Gasteiger partial charge in [-0.15, -0.1) is 11.3 Å². The highest BCUT2D eigenvalue weighted by atomic mass is 32.1. The Morgan fingerprint density at radius 1 is 1.07 bits per heavy atom. The van der Waals surface area contributed by atoms with Gasteiger partial charge in [-0.1, -0.05) is 17.4 Å². The molecule has 0 aliphatic heterocycles. The van der Waals surface area contributed by atoms with E-state index in [9.17, 15) is 9.59 Å². The second-order valence-electron chi connectivity index (χ2n) is 6.13. The Labute approximate surface area is 169 Å². The van der Waals surface area contributed by atoms with E-state index in [-0.39, 0.29) is 18.4 Å². The van der Waals surface area contributed by atoms with Gasteiger partial charge in [0.05, 0.1) is 16.8 Å². The molecule has 28 heavy (non-hydrogen) atoms. The fourth-order valence-electron chi connectivity index (χ4n) is 2.73. The van der Waals surface area contributed by atoms with Crippen molar-refractivity contribution in [3.05, 3.63) is 70.7 Å². The van der Waals surface area contributed by atoms with E-state index < -0.39 is 0 Å². The first-order chi connectivity index (χ1) is 13.7. The lowest BCUT2D eigenvalue weighted by molar-refractivity contribution is -0.120. The first-order valence-corrected chi connectivity index (χ1v) is 10.5. The van der Waals surface area contributed by atoms with Crippen LogP contribution in [0.25, 0.3) is 15.3 Å². The Kier molecular flexibility index (Phi) is 5.50. The van der Waals surface area contributed by atoms with Crippen molar-refractivity contribution in [2.45, 2.75) is 6.42 Å². The zero-order valence-electron chi connectivity index (χ0n) is 14.9. The topological polar surface area (TPSA) is 76.0 Å². The molecule has 0 spiro atoms. The highest BCUT2D eigenvalue weighted by molar-refractivity contribution is 7.20. The van der Waals surface area contributed by atoms with Crippen molar-refractivity contribution in [3.8, 4) is 5.13 Å². The zero-order chi connectivity index (χ0) is 19.3. The van der Waals surface area contributed by atoms with E-state index >= 15 is 0 Å². The smallest absolute Gasteiger partial charge is 0.251 e. The molecule has 0 radical (unpaired) electrons. The Hall–Kier alpha value is -2.97. The Morgan fingerprint density at radius 3 is 2.71 bits per heavy atom. The summed E-state index contributed by atoms with van der Waals surface area (Å²) in [7, 11) is 0. The molecule has 0 fully saturated rings. The molecule has 0 atom stereocenters. The summed E-state index contributed by atoms with van der Waals surface area (Å²) < 4.78 is 2.86. The van der Waals surface area contributed by atoms with Gasteiger partial charge in [-0.3, -0.25) is 9.59 Å². The minimum atomic E-state index is -0.272. The fourth-order valence-corrected chi connectivity index (χ4v) is 4.41. The van der Waals surface area contributed by atoms with Crippen molar-refractivity contribution in [1.29, 1.82) is 0 Å². The zero-order valence-corrected chi connectivity index (χ0v) is 16.6. The third-order valence-corrected chi connectivity index (χ3v) is 6.12. The van der Waals surface area contributed by atoms with E-state index in [1.807, 2.05) is 58.7 Å². The summed E-state index contributed by atoms with van der Waals surface area (Å²) in [6.45, 7) is 0.517. The van der Waals surface area contributed by atoms with Crippen molar-refractivity contribution >= 4 is 44.7 Å². The van der Waals surface area contributed by atoms with Gasteiger partial charge in [0, 0.05) is 29.4 Å². The van der Waals surface area contributed by atoms with Gasteiger partial charge in [0.25, 0.3) is 5.91 Å². The minimum absolute atomic E-state index is 0.0430. The summed E-state index contributed by atoms with van der Waals surface area (Å²) in [5, 5.41) is 8.35. The third-order valence-electron chi connectivity index (χ3n) is 4.15. The van der Waals surface area contributed by atoms with E-state index in [1.165, 1.54) is 16.2 Å². The molecule has 2 N–H and O–H groups in total. The highest BCUT2D eigenvalue weighted by Gasteiger charge is 2.11. The van der Waals surface area contributed by atoms with Crippen LogP contribution >= 0.6 is 22.7 Å². The molecule has 0 unspecified atom stereocenters. The number of rotatable bonds is 7. The molecule has 3 heterocycles. The summed E-state index contributed by atoms with van der Waals surface area (Å²) in [6.07, 6.45) is 4.66. The molecule has 0 bridgehead atoms. The quantitative estimate of drug-likeness (QED) is 0.491. The van der Waals surface area contributed by atoms with Gasteiger partial charge < -0.3 is 15.2 Å². The number of amides is 2. The maximum absolute atomic E-state index is 12.4. The van der Waals surface area contributed by atoms with Crippen LogP contribution in [-0.2, 0) is 11.2 Å². The van der Waals surface area contributed by atoms with Crippen molar-refractivity contribution < 1.29 is 9.59 Å². The van der Waals surface area contributed by atoms with E-state index in [4.69, 9.17) is 0 Å². The van der Waals surface area contributed by atoms with Crippen LogP contribution < -0.4 is 10.6 Å². The van der Waals surface area contributed by atoms with E-state index in [0.717, 1.165) is 21.8 Å². The number of hydrogen-bond acceptors (Lipinski definition) is 5. The first kappa shape index (κ1) is 18.4. The van der Waals surface area contributed by atoms with Gasteiger partial charge in [-0.25, -0.2) is 4.98 Å². The summed E-state index contributed by atoms with van der Waals surface area (Å²) in [5.74, 6) is -0.468. The predicted octanol–water partition coefficient (Wildman–Crippen LogP) is 3.24. The third kappa shape index (κ3) is 4.29. The summed E-state index contributed by atoms with van der Waals surface area (Å²) in [6, 6.07) is 13.3. The second-order valence-corrected chi connectivity index (χ2v) is 8.17. The molecule has 4 aromatic rings. The van der Waals surface area contributed by atoms with E-state index in [1.54, 1.807) is 17.4 Å². The van der Waals surface area contributed by atoms with Gasteiger partial charge in [0.15, 0.2) is 5.13 Å². The van der Waals surface area contributed by atoms with Crippen LogP contribution in [0.5, 0.6) is 0 Å². The number of thiophene rings is 1. The number of aromatic nitrogens is 2. The Bertz CT molecular complexity index is 1090. The van der Waals surface area contributed by atoms with Crippen molar-refractivity contribution in [1.82, 2.24) is 20.2 Å². The largest absolute Gasteiger partial charge is 0.354 e. The van der Waals surface area contributed by atoms with E-state index in [0.29, 0.717) is 12.1 Å². The second kappa shape index (κ2) is 8.37. The standard InChI is InChI=1S/C20H18N4O2S2/c25-18(21-8-7-15-4-3-11-27-15)13-22-19(26)14-5-6-16-17(12-14)28-20(23-16)24-9-1-2-10-24/h1-6,9-12H,7-8,13H2,(H,21,25)(H,22,26). The normalized spacial score (nSPS) is 10.9. The van der Waals surface area contributed by atoms with Crippen LogP contribution in [0.4, 0.5) is 0 Å². The van der Waals surface area contributed by atoms with Gasteiger partial charge in [-0.05, 0) is 48.2 Å². The van der Waals surface area contributed by atoms with E-state index in [2.05, 4.69) is 15.6 Å². The van der Waals surface area contributed by atoms with Crippen LogP contribution in [0.1, 0.15) is 15.2 Å². The lowest BCUT2D eigenvalue weighted by Gasteiger charge is -2.06. The Morgan fingerprint density at radius 2 is 1.93 bits per heavy atom. The minimum Gasteiger partial charge on any atom is -0.354 e. The SMILES string of the molecule is O=C(CNC(=O)c1ccc2nc(-n3cccc3)sc2c1)NCCc1cccs1. The molecule has 1 aromatic carbocycles. The average Bonchev–Trinajstić information content (AvgIpc) is 3.46. The fraction of sp³-hybridized carbons (Fsp3) is 0.150. The number of nitrogens with zero attached hydrogens (tertiary/aromatic N) is 2. The molecule has 8 heteroatoms. The van der Waals surface area contributed by atoms with Gasteiger partial charge in [0.2, 0.25) is 5.91 Å². The van der Waals surface area contributed by atoms with Crippen molar-refractivity contribution in [2.24, 2.45) is 0 Å². The molecule has 6 nitrogen and oxygen atoms in total. The first-order valence-electron chi connectivity index (χ1n) is 8.80. The molecule has 2 amide bonds. The molecule has 0 saturated carbocycles. The Balaban J connectivity index is 1.32. The monoisotopic (exact) mass is 410 g/mol.